The van der Waals surface area contributed by atoms with E-state index in [0.717, 1.165) is 0 Å². The van der Waals surface area contributed by atoms with E-state index in [9.17, 15) is 4.79 Å². The minimum Gasteiger partial charge on any atom is -0.323 e. The number of carbonyl (C=O) groups excluding carboxylic acids is 1. The highest BCUT2D eigenvalue weighted by molar-refractivity contribution is 7.99. The lowest BCUT2D eigenvalue weighted by Gasteiger charge is -2.09. The number of rotatable bonds is 4. The van der Waals surface area contributed by atoms with Crippen molar-refractivity contribution in [3.63, 3.8) is 0 Å². The second kappa shape index (κ2) is 6.67. The van der Waals surface area contributed by atoms with Crippen molar-refractivity contribution in [3.05, 3.63) is 33.5 Å². The first-order chi connectivity index (χ1) is 9.47. The lowest BCUT2D eigenvalue weighted by atomic mass is 10.3. The summed E-state index contributed by atoms with van der Waals surface area (Å²) in [6.07, 6.45) is 1.56. The van der Waals surface area contributed by atoms with Gasteiger partial charge in [0.2, 0.25) is 5.91 Å². The van der Waals surface area contributed by atoms with Gasteiger partial charge < -0.3 is 9.88 Å². The van der Waals surface area contributed by atoms with Crippen LogP contribution in [0.25, 0.3) is 0 Å². The number of anilines is 1. The second-order valence-electron chi connectivity index (χ2n) is 3.81. The topological polar surface area (TPSA) is 59.8 Å². The molecule has 1 aromatic heterocycles. The fourth-order valence-electron chi connectivity index (χ4n) is 1.37. The zero-order valence-electron chi connectivity index (χ0n) is 10.2. The quantitative estimate of drug-likeness (QED) is 0.856. The van der Waals surface area contributed by atoms with Gasteiger partial charge in [-0.2, -0.15) is 0 Å². The van der Waals surface area contributed by atoms with Crippen molar-refractivity contribution >= 4 is 58.2 Å². The molecule has 0 bridgehead atoms. The molecule has 0 saturated heterocycles. The molecular formula is C11H9Cl3N4OS. The summed E-state index contributed by atoms with van der Waals surface area (Å²) in [5.74, 6) is -0.0777. The van der Waals surface area contributed by atoms with Crippen LogP contribution in [0, 0.1) is 0 Å². The molecule has 2 aromatic rings. The van der Waals surface area contributed by atoms with Crippen LogP contribution >= 0.6 is 46.6 Å². The minimum absolute atomic E-state index is 0.168. The summed E-state index contributed by atoms with van der Waals surface area (Å²) >= 11 is 19.0. The third kappa shape index (κ3) is 3.79. The molecule has 0 aliphatic heterocycles. The number of nitrogens with zero attached hydrogens (tertiary/aromatic N) is 3. The van der Waals surface area contributed by atoms with Gasteiger partial charge in [0.25, 0.3) is 0 Å². The van der Waals surface area contributed by atoms with Crippen LogP contribution in [0.3, 0.4) is 0 Å². The van der Waals surface area contributed by atoms with Crippen LogP contribution in [0.2, 0.25) is 15.1 Å². The predicted octanol–water partition coefficient (Wildman–Crippen LogP) is 3.51. The average molecular weight is 352 g/mol. The largest absolute Gasteiger partial charge is 0.323 e. The number of amides is 1. The summed E-state index contributed by atoms with van der Waals surface area (Å²) < 4.78 is 1.72. The number of nitrogens with one attached hydrogen (secondary N) is 1. The van der Waals surface area contributed by atoms with Crippen LogP contribution < -0.4 is 5.32 Å². The third-order valence-electron chi connectivity index (χ3n) is 2.27. The summed E-state index contributed by atoms with van der Waals surface area (Å²) in [4.78, 5) is 11.9. The molecule has 0 unspecified atom stereocenters. The first kappa shape index (κ1) is 15.4. The zero-order chi connectivity index (χ0) is 14.7. The monoisotopic (exact) mass is 350 g/mol. The van der Waals surface area contributed by atoms with Gasteiger partial charge in [-0.1, -0.05) is 46.6 Å². The maximum atomic E-state index is 11.9. The van der Waals surface area contributed by atoms with Gasteiger partial charge >= 0.3 is 0 Å². The molecule has 20 heavy (non-hydrogen) atoms. The molecule has 9 heteroatoms. The maximum Gasteiger partial charge on any atom is 0.234 e. The van der Waals surface area contributed by atoms with Crippen molar-refractivity contribution in [3.8, 4) is 0 Å². The number of aromatic nitrogens is 3. The summed E-state index contributed by atoms with van der Waals surface area (Å²) in [6.45, 7) is 0. The third-order valence-corrected chi connectivity index (χ3v) is 4.12. The Bertz CT molecular complexity index is 623. The van der Waals surface area contributed by atoms with Crippen LogP contribution in [-0.4, -0.2) is 26.4 Å². The molecule has 106 valence electrons. The van der Waals surface area contributed by atoms with E-state index in [1.807, 2.05) is 0 Å². The minimum atomic E-state index is -0.246. The molecule has 1 aromatic carbocycles. The van der Waals surface area contributed by atoms with Crippen molar-refractivity contribution in [1.82, 2.24) is 14.8 Å². The van der Waals surface area contributed by atoms with Gasteiger partial charge in [0.15, 0.2) is 5.16 Å². The molecule has 2 rings (SSSR count). The van der Waals surface area contributed by atoms with Gasteiger partial charge in [-0.15, -0.1) is 10.2 Å². The van der Waals surface area contributed by atoms with Gasteiger partial charge in [-0.3, -0.25) is 4.79 Å². The molecule has 0 atom stereocenters. The number of aryl methyl sites for hydroxylation is 1. The molecule has 0 fully saturated rings. The van der Waals surface area contributed by atoms with E-state index >= 15 is 0 Å². The second-order valence-corrected chi connectivity index (χ2v) is 6.00. The van der Waals surface area contributed by atoms with Crippen molar-refractivity contribution < 1.29 is 4.79 Å². The van der Waals surface area contributed by atoms with Gasteiger partial charge in [0.1, 0.15) is 6.33 Å². The lowest BCUT2D eigenvalue weighted by molar-refractivity contribution is -0.113. The van der Waals surface area contributed by atoms with E-state index in [1.54, 1.807) is 17.9 Å². The number of thioether (sulfide) groups is 1. The number of hydrogen-bond donors (Lipinski definition) is 1. The SMILES string of the molecule is Cn1cnnc1SCC(=O)Nc1c(Cl)cc(Cl)cc1Cl. The Morgan fingerprint density at radius 2 is 2.00 bits per heavy atom. The standard InChI is InChI=1S/C11H9Cl3N4OS/c1-18-5-15-17-11(18)20-4-9(19)16-10-7(13)2-6(12)3-8(10)14/h2-3,5H,4H2,1H3,(H,16,19). The summed E-state index contributed by atoms with van der Waals surface area (Å²) in [5, 5.41) is 11.9. The summed E-state index contributed by atoms with van der Waals surface area (Å²) in [7, 11) is 1.80. The highest BCUT2D eigenvalue weighted by atomic mass is 35.5. The fourth-order valence-corrected chi connectivity index (χ4v) is 2.97. The van der Waals surface area contributed by atoms with Crippen LogP contribution in [0.5, 0.6) is 0 Å². The molecule has 0 saturated carbocycles. The highest BCUT2D eigenvalue weighted by Crippen LogP contribution is 2.33. The molecule has 1 N–H and O–H groups in total. The Morgan fingerprint density at radius 3 is 2.55 bits per heavy atom. The lowest BCUT2D eigenvalue weighted by Crippen LogP contribution is -2.15. The maximum absolute atomic E-state index is 11.9. The van der Waals surface area contributed by atoms with Crippen molar-refractivity contribution in [2.75, 3.05) is 11.1 Å². The number of benzene rings is 1. The van der Waals surface area contributed by atoms with E-state index in [2.05, 4.69) is 15.5 Å². The van der Waals surface area contributed by atoms with Gasteiger partial charge in [0, 0.05) is 12.1 Å². The molecule has 0 spiro atoms. The predicted molar refractivity (Wildman–Crippen MR) is 81.8 cm³/mol. The Hall–Kier alpha value is -0.950. The summed E-state index contributed by atoms with van der Waals surface area (Å²) in [6, 6.07) is 3.03. The number of carbonyl (C=O) groups is 1. The van der Waals surface area contributed by atoms with E-state index in [4.69, 9.17) is 34.8 Å². The van der Waals surface area contributed by atoms with E-state index in [0.29, 0.717) is 25.9 Å². The molecule has 0 radical (unpaired) electrons. The van der Waals surface area contributed by atoms with Crippen molar-refractivity contribution in [2.24, 2.45) is 7.05 Å². The Labute approximate surface area is 134 Å². The number of hydrogen-bond acceptors (Lipinski definition) is 4. The molecule has 5 nitrogen and oxygen atoms in total. The Balaban J connectivity index is 2.00. The van der Waals surface area contributed by atoms with Gasteiger partial charge in [0.05, 0.1) is 21.5 Å². The normalized spacial score (nSPS) is 10.6. The van der Waals surface area contributed by atoms with Crippen LogP contribution in [0.4, 0.5) is 5.69 Å². The van der Waals surface area contributed by atoms with Crippen molar-refractivity contribution in [1.29, 1.82) is 0 Å². The fraction of sp³-hybridized carbons (Fsp3) is 0.182. The van der Waals surface area contributed by atoms with Crippen molar-refractivity contribution in [2.45, 2.75) is 5.16 Å². The molecule has 1 amide bonds. The smallest absolute Gasteiger partial charge is 0.234 e. The first-order valence-electron chi connectivity index (χ1n) is 5.38. The van der Waals surface area contributed by atoms with E-state index in [-0.39, 0.29) is 11.7 Å². The molecule has 0 aliphatic rings. The Kier molecular flexibility index (Phi) is 5.15. The van der Waals surface area contributed by atoms with Gasteiger partial charge in [-0.25, -0.2) is 0 Å². The van der Waals surface area contributed by atoms with Crippen LogP contribution in [-0.2, 0) is 11.8 Å². The number of halogens is 3. The van der Waals surface area contributed by atoms with E-state index in [1.165, 1.54) is 23.9 Å². The molecule has 1 heterocycles. The first-order valence-corrected chi connectivity index (χ1v) is 7.50. The average Bonchev–Trinajstić information content (AvgIpc) is 2.77. The molecule has 0 aliphatic carbocycles. The highest BCUT2D eigenvalue weighted by Gasteiger charge is 2.12. The van der Waals surface area contributed by atoms with E-state index < -0.39 is 0 Å². The van der Waals surface area contributed by atoms with Crippen LogP contribution in [0.1, 0.15) is 0 Å². The Morgan fingerprint density at radius 1 is 1.35 bits per heavy atom. The molecular weight excluding hydrogens is 343 g/mol. The van der Waals surface area contributed by atoms with Gasteiger partial charge in [-0.05, 0) is 12.1 Å². The zero-order valence-corrected chi connectivity index (χ0v) is 13.3. The summed E-state index contributed by atoms with van der Waals surface area (Å²) in [5.41, 5.74) is 0.348. The van der Waals surface area contributed by atoms with Crippen LogP contribution in [0.15, 0.2) is 23.6 Å².